The molecule has 164 valence electrons. The molecule has 0 unspecified atom stereocenters. The topological polar surface area (TPSA) is 77.1 Å². The maximum Gasteiger partial charge on any atom is 0.253 e. The Hall–Kier alpha value is -2.59. The van der Waals surface area contributed by atoms with Crippen molar-refractivity contribution >= 4 is 21.4 Å². The lowest BCUT2D eigenvalue weighted by Crippen LogP contribution is -2.46. The zero-order valence-corrected chi connectivity index (χ0v) is 19.0. The standard InChI is InChI=1S/C22H24N2O5S2/c1-27-20-8-7-16(15-21(20)28-2)29-19-6-4-3-5-17(19)18-9-14-30-22(18)31(25,26)24-12-10-23-11-13-24/h3-9,14-15,23H,10-13H2,1-2H3. The zero-order valence-electron chi connectivity index (χ0n) is 17.3. The third kappa shape index (κ3) is 4.40. The predicted molar refractivity (Wildman–Crippen MR) is 121 cm³/mol. The van der Waals surface area contributed by atoms with Crippen LogP contribution in [0.25, 0.3) is 11.1 Å². The summed E-state index contributed by atoms with van der Waals surface area (Å²) >= 11 is 1.23. The van der Waals surface area contributed by atoms with Crippen molar-refractivity contribution < 1.29 is 22.6 Å². The highest BCUT2D eigenvalue weighted by molar-refractivity contribution is 7.91. The summed E-state index contributed by atoms with van der Waals surface area (Å²) in [5, 5.41) is 4.99. The van der Waals surface area contributed by atoms with Crippen LogP contribution in [0.15, 0.2) is 58.1 Å². The van der Waals surface area contributed by atoms with Crippen LogP contribution in [0.1, 0.15) is 0 Å². The molecule has 0 atom stereocenters. The molecule has 4 rings (SSSR count). The number of sulfonamides is 1. The highest BCUT2D eigenvalue weighted by atomic mass is 32.2. The van der Waals surface area contributed by atoms with Crippen LogP contribution in [0.2, 0.25) is 0 Å². The number of hydrogen-bond donors (Lipinski definition) is 1. The van der Waals surface area contributed by atoms with Crippen LogP contribution >= 0.6 is 11.3 Å². The summed E-state index contributed by atoms with van der Waals surface area (Å²) in [6, 6.07) is 14.5. The van der Waals surface area contributed by atoms with Crippen LogP contribution in [0.4, 0.5) is 0 Å². The molecule has 1 aliphatic heterocycles. The van der Waals surface area contributed by atoms with E-state index in [1.165, 1.54) is 15.6 Å². The second kappa shape index (κ2) is 9.27. The SMILES string of the molecule is COc1ccc(Oc2ccccc2-c2ccsc2S(=O)(=O)N2CCNCC2)cc1OC. The van der Waals surface area contributed by atoms with E-state index in [4.69, 9.17) is 14.2 Å². The van der Waals surface area contributed by atoms with E-state index in [2.05, 4.69) is 5.32 Å². The van der Waals surface area contributed by atoms with Gasteiger partial charge in [0.25, 0.3) is 10.0 Å². The minimum absolute atomic E-state index is 0.331. The molecule has 9 heteroatoms. The Kier molecular flexibility index (Phi) is 6.47. The summed E-state index contributed by atoms with van der Waals surface area (Å²) in [5.41, 5.74) is 1.35. The number of nitrogens with one attached hydrogen (secondary N) is 1. The molecule has 7 nitrogen and oxygen atoms in total. The second-order valence-corrected chi connectivity index (χ2v) is 9.94. The summed E-state index contributed by atoms with van der Waals surface area (Å²) in [7, 11) is -0.449. The molecule has 0 spiro atoms. The van der Waals surface area contributed by atoms with E-state index in [0.29, 0.717) is 64.5 Å². The molecule has 31 heavy (non-hydrogen) atoms. The van der Waals surface area contributed by atoms with Crippen molar-refractivity contribution in [3.05, 3.63) is 53.9 Å². The molecule has 0 amide bonds. The molecular formula is C22H24N2O5S2. The average molecular weight is 461 g/mol. The fourth-order valence-corrected chi connectivity index (χ4v) is 6.44. The number of nitrogens with zero attached hydrogens (tertiary/aromatic N) is 1. The van der Waals surface area contributed by atoms with Gasteiger partial charge in [0.1, 0.15) is 15.7 Å². The molecule has 1 saturated heterocycles. The largest absolute Gasteiger partial charge is 0.493 e. The molecule has 1 aromatic heterocycles. The Labute approximate surface area is 186 Å². The molecule has 1 N–H and O–H groups in total. The van der Waals surface area contributed by atoms with Gasteiger partial charge in [0, 0.05) is 43.4 Å². The third-order valence-electron chi connectivity index (χ3n) is 5.04. The molecule has 1 fully saturated rings. The Bertz CT molecular complexity index is 1150. The van der Waals surface area contributed by atoms with Crippen molar-refractivity contribution in [2.45, 2.75) is 4.21 Å². The predicted octanol–water partition coefficient (Wildman–Crippen LogP) is 3.82. The number of benzene rings is 2. The van der Waals surface area contributed by atoms with Gasteiger partial charge in [-0.3, -0.25) is 0 Å². The smallest absolute Gasteiger partial charge is 0.253 e. The Morgan fingerprint density at radius 2 is 1.65 bits per heavy atom. The Morgan fingerprint density at radius 1 is 0.903 bits per heavy atom. The molecule has 2 aromatic carbocycles. The first kappa shape index (κ1) is 21.6. The zero-order chi connectivity index (χ0) is 21.8. The molecule has 0 bridgehead atoms. The number of methoxy groups -OCH3 is 2. The Morgan fingerprint density at radius 3 is 2.39 bits per heavy atom. The first-order valence-electron chi connectivity index (χ1n) is 9.82. The van der Waals surface area contributed by atoms with Gasteiger partial charge in [-0.25, -0.2) is 8.42 Å². The quantitative estimate of drug-likeness (QED) is 0.578. The maximum atomic E-state index is 13.3. The van der Waals surface area contributed by atoms with E-state index in [1.54, 1.807) is 37.8 Å². The van der Waals surface area contributed by atoms with Crippen LogP contribution in [0, 0.1) is 0 Å². The normalized spacial score (nSPS) is 14.9. The summed E-state index contributed by atoms with van der Waals surface area (Å²) < 4.78 is 45.3. The van der Waals surface area contributed by atoms with Gasteiger partial charge in [0.05, 0.1) is 14.2 Å². The number of piperazine rings is 1. The van der Waals surface area contributed by atoms with Gasteiger partial charge < -0.3 is 19.5 Å². The summed E-state index contributed by atoms with van der Waals surface area (Å²) in [4.78, 5) is 0. The van der Waals surface area contributed by atoms with Crippen molar-refractivity contribution in [1.82, 2.24) is 9.62 Å². The fourth-order valence-electron chi connectivity index (χ4n) is 3.48. The second-order valence-electron chi connectivity index (χ2n) is 6.89. The van der Waals surface area contributed by atoms with Crippen molar-refractivity contribution in [2.75, 3.05) is 40.4 Å². The van der Waals surface area contributed by atoms with Gasteiger partial charge in [-0.05, 0) is 29.6 Å². The Balaban J connectivity index is 1.70. The third-order valence-corrected chi connectivity index (χ3v) is 8.40. The monoisotopic (exact) mass is 460 g/mol. The van der Waals surface area contributed by atoms with Crippen LogP contribution in [0.5, 0.6) is 23.0 Å². The lowest BCUT2D eigenvalue weighted by molar-refractivity contribution is 0.352. The lowest BCUT2D eigenvalue weighted by atomic mass is 10.1. The number of hydrogen-bond acceptors (Lipinski definition) is 7. The first-order chi connectivity index (χ1) is 15.0. The number of para-hydroxylation sites is 1. The van der Waals surface area contributed by atoms with Crippen LogP contribution < -0.4 is 19.5 Å². The molecule has 0 aliphatic carbocycles. The van der Waals surface area contributed by atoms with E-state index in [-0.39, 0.29) is 0 Å². The van der Waals surface area contributed by atoms with Gasteiger partial charge >= 0.3 is 0 Å². The summed E-state index contributed by atoms with van der Waals surface area (Å²) in [6.45, 7) is 2.23. The van der Waals surface area contributed by atoms with Crippen molar-refractivity contribution in [2.24, 2.45) is 0 Å². The number of ether oxygens (including phenoxy) is 3. The average Bonchev–Trinajstić information content (AvgIpc) is 3.30. The lowest BCUT2D eigenvalue weighted by Gasteiger charge is -2.26. The molecule has 2 heterocycles. The summed E-state index contributed by atoms with van der Waals surface area (Å²) in [5.74, 6) is 2.28. The highest BCUT2D eigenvalue weighted by Gasteiger charge is 2.30. The van der Waals surface area contributed by atoms with Crippen LogP contribution in [-0.2, 0) is 10.0 Å². The van der Waals surface area contributed by atoms with E-state index in [1.807, 2.05) is 30.3 Å². The minimum atomic E-state index is -3.59. The highest BCUT2D eigenvalue weighted by Crippen LogP contribution is 2.41. The van der Waals surface area contributed by atoms with E-state index < -0.39 is 10.0 Å². The van der Waals surface area contributed by atoms with Gasteiger partial charge in [-0.1, -0.05) is 18.2 Å². The van der Waals surface area contributed by atoms with Gasteiger partial charge in [0.2, 0.25) is 0 Å². The van der Waals surface area contributed by atoms with Gasteiger partial charge in [-0.15, -0.1) is 11.3 Å². The molecular weight excluding hydrogens is 436 g/mol. The van der Waals surface area contributed by atoms with Crippen LogP contribution in [0.3, 0.4) is 0 Å². The molecule has 0 saturated carbocycles. The van der Waals surface area contributed by atoms with Crippen molar-refractivity contribution in [1.29, 1.82) is 0 Å². The van der Waals surface area contributed by atoms with E-state index in [9.17, 15) is 8.42 Å². The van der Waals surface area contributed by atoms with Crippen molar-refractivity contribution in [3.8, 4) is 34.1 Å². The maximum absolute atomic E-state index is 13.3. The summed E-state index contributed by atoms with van der Waals surface area (Å²) in [6.07, 6.45) is 0. The first-order valence-corrected chi connectivity index (χ1v) is 12.1. The van der Waals surface area contributed by atoms with Crippen molar-refractivity contribution in [3.63, 3.8) is 0 Å². The van der Waals surface area contributed by atoms with Gasteiger partial charge in [0.15, 0.2) is 11.5 Å². The molecule has 0 radical (unpaired) electrons. The molecule has 1 aliphatic rings. The molecule has 3 aromatic rings. The fraction of sp³-hybridized carbons (Fsp3) is 0.273. The van der Waals surface area contributed by atoms with Gasteiger partial charge in [-0.2, -0.15) is 4.31 Å². The van der Waals surface area contributed by atoms with E-state index >= 15 is 0 Å². The minimum Gasteiger partial charge on any atom is -0.493 e. The number of rotatable bonds is 7. The number of thiophene rings is 1. The van der Waals surface area contributed by atoms with Crippen LogP contribution in [-0.4, -0.2) is 53.1 Å². The van der Waals surface area contributed by atoms with E-state index in [0.717, 1.165) is 0 Å².